The van der Waals surface area contributed by atoms with Crippen LogP contribution in [0.25, 0.3) is 11.0 Å². The Balaban J connectivity index is 2.78. The van der Waals surface area contributed by atoms with Crippen LogP contribution in [0.3, 0.4) is 0 Å². The van der Waals surface area contributed by atoms with Crippen LogP contribution in [-0.4, -0.2) is 29.2 Å². The van der Waals surface area contributed by atoms with Gasteiger partial charge in [-0.2, -0.15) is 8.96 Å². The van der Waals surface area contributed by atoms with Gasteiger partial charge in [-0.15, -0.1) is 0 Å². The van der Waals surface area contributed by atoms with Gasteiger partial charge in [-0.3, -0.25) is 0 Å². The molecule has 2 aromatic rings. The lowest BCUT2D eigenvalue weighted by Crippen LogP contribution is -2.22. The van der Waals surface area contributed by atoms with Crippen LogP contribution in [0.2, 0.25) is 0 Å². The number of para-hydroxylation sites is 1. The molecule has 1 amide bonds. The van der Waals surface area contributed by atoms with E-state index in [9.17, 15) is 13.2 Å². The Morgan fingerprint density at radius 2 is 2.15 bits per heavy atom. The van der Waals surface area contributed by atoms with Gasteiger partial charge in [0.15, 0.2) is 0 Å². The summed E-state index contributed by atoms with van der Waals surface area (Å²) in [5, 5.41) is 0. The molecule has 1 heterocycles. The molecule has 0 fully saturated rings. The van der Waals surface area contributed by atoms with Crippen molar-refractivity contribution in [2.45, 2.75) is 20.3 Å². The number of aryl methyl sites for hydroxylation is 1. The molecule has 0 spiro atoms. The average Bonchev–Trinajstić information content (AvgIpc) is 2.68. The Morgan fingerprint density at radius 3 is 2.75 bits per heavy atom. The third-order valence-corrected chi connectivity index (χ3v) is 4.58. The van der Waals surface area contributed by atoms with Gasteiger partial charge in [0.25, 0.3) is 0 Å². The molecule has 108 valence electrons. The highest BCUT2D eigenvalue weighted by Gasteiger charge is 2.24. The van der Waals surface area contributed by atoms with Crippen LogP contribution < -0.4 is 10.5 Å². The topological polar surface area (TPSA) is 104 Å². The number of fused-ring (bicyclic) bond motifs is 1. The van der Waals surface area contributed by atoms with Crippen molar-refractivity contribution in [1.29, 1.82) is 0 Å². The highest BCUT2D eigenvalue weighted by molar-refractivity contribution is 7.90. The maximum absolute atomic E-state index is 12.3. The maximum Gasteiger partial charge on any atom is 0.412 e. The Kier molecular flexibility index (Phi) is 3.67. The first-order chi connectivity index (χ1) is 9.36. The van der Waals surface area contributed by atoms with Gasteiger partial charge in [0, 0.05) is 0 Å². The molecule has 0 saturated heterocycles. The normalized spacial score (nSPS) is 11.7. The van der Waals surface area contributed by atoms with Crippen molar-refractivity contribution >= 4 is 27.1 Å². The predicted molar refractivity (Wildman–Crippen MR) is 74.2 cm³/mol. The van der Waals surface area contributed by atoms with Crippen molar-refractivity contribution in [2.75, 3.05) is 5.75 Å². The number of carbonyl (C=O) groups excluding carboxylic acids is 1. The fraction of sp³-hybridized carbons (Fsp3) is 0.333. The summed E-state index contributed by atoms with van der Waals surface area (Å²) in [5.74, 6) is -0.0818. The lowest BCUT2D eigenvalue weighted by Gasteiger charge is -2.08. The molecule has 0 bridgehead atoms. The first-order valence-electron chi connectivity index (χ1n) is 6.05. The molecule has 0 aliphatic heterocycles. The molecular weight excluding hydrogens is 282 g/mol. The fourth-order valence-electron chi connectivity index (χ4n) is 1.97. The largest absolute Gasteiger partial charge is 0.412 e. The van der Waals surface area contributed by atoms with E-state index >= 15 is 0 Å². The molecule has 2 N–H and O–H groups in total. The number of primary amides is 1. The van der Waals surface area contributed by atoms with Crippen LogP contribution in [0.5, 0.6) is 6.01 Å². The van der Waals surface area contributed by atoms with E-state index in [0.717, 1.165) is 9.54 Å². The number of hydrogen-bond acceptors (Lipinski definition) is 5. The van der Waals surface area contributed by atoms with Crippen molar-refractivity contribution in [3.63, 3.8) is 0 Å². The van der Waals surface area contributed by atoms with Crippen molar-refractivity contribution < 1.29 is 17.9 Å². The first-order valence-corrected chi connectivity index (χ1v) is 7.66. The smallest absolute Gasteiger partial charge is 0.375 e. The van der Waals surface area contributed by atoms with Gasteiger partial charge >= 0.3 is 12.1 Å². The minimum Gasteiger partial charge on any atom is -0.375 e. The number of aromatic nitrogens is 2. The number of carbonyl (C=O) groups is 1. The summed E-state index contributed by atoms with van der Waals surface area (Å²) >= 11 is 0. The van der Waals surface area contributed by atoms with Gasteiger partial charge in [0.05, 0.1) is 16.8 Å². The van der Waals surface area contributed by atoms with Crippen molar-refractivity contribution in [2.24, 2.45) is 5.73 Å². The van der Waals surface area contributed by atoms with Crippen LogP contribution >= 0.6 is 0 Å². The van der Waals surface area contributed by atoms with Gasteiger partial charge in [-0.1, -0.05) is 19.1 Å². The van der Waals surface area contributed by atoms with E-state index < -0.39 is 16.1 Å². The molecule has 7 nitrogen and oxygen atoms in total. The molecule has 0 atom stereocenters. The summed E-state index contributed by atoms with van der Waals surface area (Å²) in [5.41, 5.74) is 6.57. The molecule has 2 rings (SSSR count). The van der Waals surface area contributed by atoms with Gasteiger partial charge in [-0.25, -0.2) is 13.2 Å². The van der Waals surface area contributed by atoms with Crippen molar-refractivity contribution in [3.8, 4) is 6.01 Å². The standard InChI is InChI=1S/C12H15N3O4S/c1-3-7-20(17,18)15-9-6-4-5-8(2)10(9)14-12(15)19-11(13)16/h4-6H,3,7H2,1-2H3,(H2,13,16). The van der Waals surface area contributed by atoms with Crippen LogP contribution in [0, 0.1) is 6.92 Å². The highest BCUT2D eigenvalue weighted by atomic mass is 32.2. The van der Waals surface area contributed by atoms with Gasteiger partial charge < -0.3 is 10.5 Å². The minimum absolute atomic E-state index is 0.0818. The van der Waals surface area contributed by atoms with E-state index in [1.807, 2.05) is 0 Å². The van der Waals surface area contributed by atoms with E-state index in [1.165, 1.54) is 0 Å². The van der Waals surface area contributed by atoms with E-state index in [4.69, 9.17) is 10.5 Å². The molecule has 0 radical (unpaired) electrons. The molecule has 0 unspecified atom stereocenters. The Hall–Kier alpha value is -2.09. The quantitative estimate of drug-likeness (QED) is 0.918. The molecule has 20 heavy (non-hydrogen) atoms. The monoisotopic (exact) mass is 297 g/mol. The maximum atomic E-state index is 12.3. The molecule has 8 heteroatoms. The second-order valence-corrected chi connectivity index (χ2v) is 6.28. The second-order valence-electron chi connectivity index (χ2n) is 4.34. The predicted octanol–water partition coefficient (Wildman–Crippen LogP) is 1.39. The lowest BCUT2D eigenvalue weighted by molar-refractivity contribution is 0.207. The Labute approximate surface area is 116 Å². The highest BCUT2D eigenvalue weighted by Crippen LogP contribution is 2.26. The number of nitrogens with zero attached hydrogens (tertiary/aromatic N) is 2. The van der Waals surface area contributed by atoms with E-state index in [-0.39, 0.29) is 11.8 Å². The number of hydrogen-bond donors (Lipinski definition) is 1. The third-order valence-electron chi connectivity index (χ3n) is 2.75. The molecule has 1 aromatic carbocycles. The summed E-state index contributed by atoms with van der Waals surface area (Å²) in [6.07, 6.45) is -0.671. The summed E-state index contributed by atoms with van der Waals surface area (Å²) in [7, 11) is -3.67. The second kappa shape index (κ2) is 5.12. The van der Waals surface area contributed by atoms with Gasteiger partial charge in [0.2, 0.25) is 10.0 Å². The SMILES string of the molecule is CCCS(=O)(=O)n1c(OC(N)=O)nc2c(C)cccc21. The number of ether oxygens (including phenoxy) is 1. The summed E-state index contributed by atoms with van der Waals surface area (Å²) < 4.78 is 30.3. The Morgan fingerprint density at radius 1 is 1.45 bits per heavy atom. The van der Waals surface area contributed by atoms with Gasteiger partial charge in [0.1, 0.15) is 0 Å². The minimum atomic E-state index is -3.67. The van der Waals surface area contributed by atoms with E-state index in [0.29, 0.717) is 17.5 Å². The van der Waals surface area contributed by atoms with Crippen LogP contribution in [0.4, 0.5) is 4.79 Å². The number of imidazole rings is 1. The number of benzene rings is 1. The number of amides is 1. The zero-order valence-electron chi connectivity index (χ0n) is 11.2. The van der Waals surface area contributed by atoms with E-state index in [1.54, 1.807) is 32.0 Å². The lowest BCUT2D eigenvalue weighted by atomic mass is 10.2. The zero-order chi connectivity index (χ0) is 14.9. The third kappa shape index (κ3) is 2.46. The van der Waals surface area contributed by atoms with Crippen LogP contribution in [0.15, 0.2) is 18.2 Å². The zero-order valence-corrected chi connectivity index (χ0v) is 12.0. The van der Waals surface area contributed by atoms with Crippen molar-refractivity contribution in [1.82, 2.24) is 8.96 Å². The molecule has 0 aliphatic carbocycles. The van der Waals surface area contributed by atoms with Gasteiger partial charge in [-0.05, 0) is 25.0 Å². The average molecular weight is 297 g/mol. The molecular formula is C12H15N3O4S. The van der Waals surface area contributed by atoms with E-state index in [2.05, 4.69) is 4.98 Å². The number of rotatable bonds is 4. The fourth-order valence-corrected chi connectivity index (χ4v) is 3.43. The number of nitrogens with two attached hydrogens (primary N) is 1. The summed E-state index contributed by atoms with van der Waals surface area (Å²) in [6, 6.07) is 4.79. The van der Waals surface area contributed by atoms with Crippen molar-refractivity contribution in [3.05, 3.63) is 23.8 Å². The van der Waals surface area contributed by atoms with Crippen LogP contribution in [-0.2, 0) is 10.0 Å². The Bertz CT molecular complexity index is 764. The molecule has 0 aliphatic rings. The summed E-state index contributed by atoms with van der Waals surface area (Å²) in [6.45, 7) is 3.54. The molecule has 0 saturated carbocycles. The molecule has 1 aromatic heterocycles. The summed E-state index contributed by atoms with van der Waals surface area (Å²) in [4.78, 5) is 15.0. The van der Waals surface area contributed by atoms with Crippen LogP contribution in [0.1, 0.15) is 18.9 Å². The first kappa shape index (κ1) is 14.3.